The van der Waals surface area contributed by atoms with E-state index in [1.54, 1.807) is 48.0 Å². The first-order chi connectivity index (χ1) is 16.0. The molecule has 2 N–H and O–H groups in total. The van der Waals surface area contributed by atoms with Crippen molar-refractivity contribution in [1.82, 2.24) is 9.88 Å². The van der Waals surface area contributed by atoms with Crippen molar-refractivity contribution in [2.45, 2.75) is 0 Å². The zero-order chi connectivity index (χ0) is 23.4. The van der Waals surface area contributed by atoms with Crippen LogP contribution in [0.1, 0.15) is 5.76 Å². The molecule has 4 rings (SSSR count). The lowest BCUT2D eigenvalue weighted by Crippen LogP contribution is -2.32. The first-order valence-electron chi connectivity index (χ1n) is 10.1. The Kier molecular flexibility index (Phi) is 6.37. The van der Waals surface area contributed by atoms with Crippen LogP contribution >= 0.6 is 12.2 Å². The third kappa shape index (κ3) is 4.86. The molecule has 0 radical (unpaired) electrons. The number of ether oxygens (including phenoxy) is 1. The van der Waals surface area contributed by atoms with Gasteiger partial charge in [-0.05, 0) is 60.1 Å². The Hall–Kier alpha value is -4.17. The largest absolute Gasteiger partial charge is 0.496 e. The van der Waals surface area contributed by atoms with Crippen molar-refractivity contribution in [2.24, 2.45) is 7.05 Å². The van der Waals surface area contributed by atoms with Gasteiger partial charge in [-0.2, -0.15) is 0 Å². The molecule has 33 heavy (non-hydrogen) atoms. The molecule has 0 spiro atoms. The maximum Gasteiger partial charge on any atom is 0.258 e. The summed E-state index contributed by atoms with van der Waals surface area (Å²) in [5.74, 6) is 0.663. The molecule has 0 fully saturated rings. The molecule has 7 nitrogen and oxygen atoms in total. The van der Waals surface area contributed by atoms with E-state index in [0.717, 1.165) is 10.9 Å². The molecule has 2 heterocycles. The quantitative estimate of drug-likeness (QED) is 0.341. The van der Waals surface area contributed by atoms with E-state index in [-0.39, 0.29) is 10.7 Å². The third-order valence-electron chi connectivity index (χ3n) is 5.06. The second-order valence-corrected chi connectivity index (χ2v) is 7.60. The number of aromatic nitrogens is 1. The van der Waals surface area contributed by atoms with Crippen LogP contribution in [0.15, 0.2) is 82.2 Å². The Morgan fingerprint density at radius 3 is 2.67 bits per heavy atom. The number of pyridine rings is 1. The fourth-order valence-electron chi connectivity index (χ4n) is 3.47. The second kappa shape index (κ2) is 9.54. The van der Waals surface area contributed by atoms with Crippen molar-refractivity contribution >= 4 is 45.9 Å². The van der Waals surface area contributed by atoms with Gasteiger partial charge in [0.15, 0.2) is 5.11 Å². The fourth-order valence-corrected chi connectivity index (χ4v) is 3.69. The molecule has 8 heteroatoms. The van der Waals surface area contributed by atoms with E-state index in [0.29, 0.717) is 28.3 Å². The average Bonchev–Trinajstić information content (AvgIpc) is 3.34. The molecule has 2 aromatic carbocycles. The molecule has 0 unspecified atom stereocenters. The maximum absolute atomic E-state index is 13.0. The number of carbonyl (C=O) groups excluding carboxylic acids is 1. The van der Waals surface area contributed by atoms with E-state index >= 15 is 0 Å². The number of para-hydroxylation sites is 1. The average molecular weight is 460 g/mol. The van der Waals surface area contributed by atoms with E-state index in [1.165, 1.54) is 19.4 Å². The van der Waals surface area contributed by atoms with E-state index in [9.17, 15) is 9.59 Å². The van der Waals surface area contributed by atoms with Gasteiger partial charge in [-0.25, -0.2) is 0 Å². The van der Waals surface area contributed by atoms with Gasteiger partial charge in [-0.1, -0.05) is 18.2 Å². The number of anilines is 1. The Morgan fingerprint density at radius 1 is 1.09 bits per heavy atom. The van der Waals surface area contributed by atoms with E-state index in [1.807, 2.05) is 30.3 Å². The molecule has 0 aliphatic rings. The standard InChI is InChI=1S/C25H21N3O4S/c1-28-21-8-4-3-6-16(21)14-20(24(28)30)19-11-9-17(15-22(19)31-2)26-25(33)27-23(29)12-10-18-7-5-13-32-18/h3-15H,1-2H3,(H2,26,27,29,33). The number of nitrogens with one attached hydrogen (secondary N) is 2. The molecule has 0 saturated carbocycles. The molecule has 166 valence electrons. The summed E-state index contributed by atoms with van der Waals surface area (Å²) < 4.78 is 12.3. The number of rotatable bonds is 5. The van der Waals surface area contributed by atoms with Gasteiger partial charge in [0.2, 0.25) is 5.91 Å². The van der Waals surface area contributed by atoms with E-state index in [4.69, 9.17) is 21.4 Å². The van der Waals surface area contributed by atoms with Crippen LogP contribution in [0.5, 0.6) is 5.75 Å². The number of nitrogens with zero attached hydrogens (tertiary/aromatic N) is 1. The van der Waals surface area contributed by atoms with Crippen molar-refractivity contribution < 1.29 is 13.9 Å². The highest BCUT2D eigenvalue weighted by Gasteiger charge is 2.14. The molecular weight excluding hydrogens is 438 g/mol. The highest BCUT2D eigenvalue weighted by molar-refractivity contribution is 7.80. The molecule has 0 aliphatic carbocycles. The van der Waals surface area contributed by atoms with E-state index in [2.05, 4.69) is 10.6 Å². The number of benzene rings is 2. The minimum absolute atomic E-state index is 0.125. The van der Waals surface area contributed by atoms with Crippen LogP contribution in [0.25, 0.3) is 28.1 Å². The minimum Gasteiger partial charge on any atom is -0.496 e. The van der Waals surface area contributed by atoms with Gasteiger partial charge >= 0.3 is 0 Å². The lowest BCUT2D eigenvalue weighted by Gasteiger charge is -2.14. The highest BCUT2D eigenvalue weighted by Crippen LogP contribution is 2.32. The number of methoxy groups -OCH3 is 1. The Labute approximate surface area is 195 Å². The monoisotopic (exact) mass is 459 g/mol. The molecular formula is C25H21N3O4S. The van der Waals surface area contributed by atoms with Crippen molar-refractivity contribution in [3.05, 3.63) is 89.1 Å². The number of hydrogen-bond donors (Lipinski definition) is 2. The summed E-state index contributed by atoms with van der Waals surface area (Å²) in [6, 6.07) is 18.3. The van der Waals surface area contributed by atoms with Crippen LogP contribution in [0.4, 0.5) is 5.69 Å². The SMILES string of the molecule is COc1cc(NC(=S)NC(=O)C=Cc2ccco2)ccc1-c1cc2ccccc2n(C)c1=O. The number of aryl methyl sites for hydroxylation is 1. The minimum atomic E-state index is -0.396. The molecule has 0 saturated heterocycles. The summed E-state index contributed by atoms with van der Waals surface area (Å²) >= 11 is 5.23. The fraction of sp³-hybridized carbons (Fsp3) is 0.0800. The summed E-state index contributed by atoms with van der Waals surface area (Å²) in [7, 11) is 3.28. The third-order valence-corrected chi connectivity index (χ3v) is 5.27. The van der Waals surface area contributed by atoms with Crippen LogP contribution in [-0.2, 0) is 11.8 Å². The Morgan fingerprint density at radius 2 is 1.91 bits per heavy atom. The van der Waals surface area contributed by atoms with Gasteiger partial charge in [0.1, 0.15) is 11.5 Å². The smallest absolute Gasteiger partial charge is 0.258 e. The van der Waals surface area contributed by atoms with Crippen molar-refractivity contribution in [3.63, 3.8) is 0 Å². The summed E-state index contributed by atoms with van der Waals surface area (Å²) in [4.78, 5) is 25.0. The van der Waals surface area contributed by atoms with Crippen LogP contribution in [-0.4, -0.2) is 22.7 Å². The van der Waals surface area contributed by atoms with Crippen LogP contribution < -0.4 is 20.9 Å². The number of carbonyl (C=O) groups is 1. The first-order valence-corrected chi connectivity index (χ1v) is 10.5. The van der Waals surface area contributed by atoms with Crippen LogP contribution in [0, 0.1) is 0 Å². The molecule has 0 atom stereocenters. The highest BCUT2D eigenvalue weighted by atomic mass is 32.1. The maximum atomic E-state index is 13.0. The van der Waals surface area contributed by atoms with Crippen LogP contribution in [0.3, 0.4) is 0 Å². The summed E-state index contributed by atoms with van der Waals surface area (Å²) in [5, 5.41) is 6.60. The van der Waals surface area contributed by atoms with Crippen molar-refractivity contribution in [2.75, 3.05) is 12.4 Å². The summed E-state index contributed by atoms with van der Waals surface area (Å²) in [6.45, 7) is 0. The summed E-state index contributed by atoms with van der Waals surface area (Å²) in [6.07, 6.45) is 4.39. The molecule has 2 aromatic heterocycles. The summed E-state index contributed by atoms with van der Waals surface area (Å²) in [5.41, 5.74) is 2.52. The van der Waals surface area contributed by atoms with Crippen LogP contribution in [0.2, 0.25) is 0 Å². The second-order valence-electron chi connectivity index (χ2n) is 7.19. The zero-order valence-corrected chi connectivity index (χ0v) is 18.8. The van der Waals surface area contributed by atoms with Gasteiger partial charge < -0.3 is 19.0 Å². The predicted molar refractivity (Wildman–Crippen MR) is 133 cm³/mol. The van der Waals surface area contributed by atoms with Gasteiger partial charge in [0.05, 0.1) is 24.5 Å². The predicted octanol–water partition coefficient (Wildman–Crippen LogP) is 4.33. The number of thiocarbonyl (C=S) groups is 1. The molecule has 1 amide bonds. The molecule has 4 aromatic rings. The normalized spacial score (nSPS) is 11.0. The number of amides is 1. The zero-order valence-electron chi connectivity index (χ0n) is 18.0. The number of fused-ring (bicyclic) bond motifs is 1. The van der Waals surface area contributed by atoms with Gasteiger partial charge in [-0.15, -0.1) is 0 Å². The lowest BCUT2D eigenvalue weighted by atomic mass is 10.0. The first kappa shape index (κ1) is 22.0. The molecule has 0 bridgehead atoms. The number of furan rings is 1. The Bertz CT molecular complexity index is 1420. The topological polar surface area (TPSA) is 85.5 Å². The van der Waals surface area contributed by atoms with Gasteiger partial charge in [-0.3, -0.25) is 14.9 Å². The van der Waals surface area contributed by atoms with E-state index < -0.39 is 5.91 Å². The van der Waals surface area contributed by atoms with Crippen molar-refractivity contribution in [1.29, 1.82) is 0 Å². The molecule has 0 aliphatic heterocycles. The van der Waals surface area contributed by atoms with Crippen molar-refractivity contribution in [3.8, 4) is 16.9 Å². The number of hydrogen-bond acceptors (Lipinski definition) is 5. The Balaban J connectivity index is 1.54. The lowest BCUT2D eigenvalue weighted by molar-refractivity contribution is -0.115. The van der Waals surface area contributed by atoms with Gasteiger partial charge in [0.25, 0.3) is 5.56 Å². The van der Waals surface area contributed by atoms with Gasteiger partial charge in [0, 0.05) is 30.4 Å².